The highest BCUT2D eigenvalue weighted by atomic mass is 16.3. The topological polar surface area (TPSA) is 72.7 Å². The molecule has 4 heteroatoms. The molecular weight excluding hydrogens is 194 g/mol. The predicted octanol–water partition coefficient (Wildman–Crippen LogP) is 0.883. The first kappa shape index (κ1) is 10.3. The molecule has 1 aromatic carbocycles. The van der Waals surface area contributed by atoms with Crippen LogP contribution in [0.2, 0.25) is 0 Å². The van der Waals surface area contributed by atoms with Crippen molar-refractivity contribution in [1.82, 2.24) is 5.32 Å². The van der Waals surface area contributed by atoms with Crippen molar-refractivity contribution in [3.05, 3.63) is 23.8 Å². The van der Waals surface area contributed by atoms with Crippen molar-refractivity contribution in [2.24, 2.45) is 0 Å². The average Bonchev–Trinajstić information content (AvgIpc) is 2.74. The molecule has 0 bridgehead atoms. The average molecular weight is 209 g/mol. The lowest BCUT2D eigenvalue weighted by Crippen LogP contribution is -2.28. The van der Waals surface area contributed by atoms with Crippen LogP contribution in [0.25, 0.3) is 0 Å². The summed E-state index contributed by atoms with van der Waals surface area (Å²) in [4.78, 5) is 0. The highest BCUT2D eigenvalue weighted by Crippen LogP contribution is 2.30. The molecule has 4 nitrogen and oxygen atoms in total. The Kier molecular flexibility index (Phi) is 2.79. The molecule has 0 radical (unpaired) electrons. The molecule has 1 aromatic rings. The van der Waals surface area contributed by atoms with Gasteiger partial charge in [0.15, 0.2) is 11.5 Å². The van der Waals surface area contributed by atoms with E-state index in [2.05, 4.69) is 5.32 Å². The third-order valence-corrected chi connectivity index (χ3v) is 2.82. The van der Waals surface area contributed by atoms with E-state index in [1.807, 2.05) is 0 Å². The highest BCUT2D eigenvalue weighted by Gasteiger charge is 2.24. The summed E-state index contributed by atoms with van der Waals surface area (Å²) in [6, 6.07) is 4.47. The minimum absolute atomic E-state index is 0.0499. The van der Waals surface area contributed by atoms with Crippen molar-refractivity contribution in [3.8, 4) is 11.5 Å². The predicted molar refractivity (Wildman–Crippen MR) is 55.8 cm³/mol. The Bertz CT molecular complexity index is 348. The lowest BCUT2D eigenvalue weighted by atomic mass is 10.0. The van der Waals surface area contributed by atoms with Gasteiger partial charge in [0.25, 0.3) is 0 Å². The van der Waals surface area contributed by atoms with Gasteiger partial charge >= 0.3 is 0 Å². The Hall–Kier alpha value is -1.26. The Morgan fingerprint density at radius 1 is 1.27 bits per heavy atom. The second-order valence-corrected chi connectivity index (χ2v) is 3.90. The number of aliphatic hydroxyl groups excluding tert-OH is 1. The van der Waals surface area contributed by atoms with Gasteiger partial charge in [0, 0.05) is 6.04 Å². The minimum atomic E-state index is -0.626. The van der Waals surface area contributed by atoms with Gasteiger partial charge in [0.2, 0.25) is 0 Å². The van der Waals surface area contributed by atoms with Crippen molar-refractivity contribution in [2.45, 2.75) is 25.0 Å². The Labute approximate surface area is 88.2 Å². The van der Waals surface area contributed by atoms with E-state index in [0.29, 0.717) is 5.56 Å². The molecule has 0 spiro atoms. The van der Waals surface area contributed by atoms with Gasteiger partial charge in [-0.1, -0.05) is 6.07 Å². The van der Waals surface area contributed by atoms with Gasteiger partial charge in [-0.15, -0.1) is 0 Å². The smallest absolute Gasteiger partial charge is 0.157 e. The number of phenolic OH excluding ortho intramolecular Hbond substituents is 2. The lowest BCUT2D eigenvalue weighted by molar-refractivity contribution is 0.137. The Balaban J connectivity index is 2.17. The van der Waals surface area contributed by atoms with Gasteiger partial charge in [-0.25, -0.2) is 0 Å². The number of aromatic hydroxyl groups is 2. The van der Waals surface area contributed by atoms with Gasteiger partial charge in [-0.05, 0) is 37.1 Å². The molecule has 4 N–H and O–H groups in total. The molecule has 2 atom stereocenters. The van der Waals surface area contributed by atoms with E-state index in [9.17, 15) is 10.2 Å². The summed E-state index contributed by atoms with van der Waals surface area (Å²) >= 11 is 0. The lowest BCUT2D eigenvalue weighted by Gasteiger charge is -2.18. The van der Waals surface area contributed by atoms with Crippen LogP contribution in [0.15, 0.2) is 18.2 Å². The number of rotatable bonds is 2. The van der Waals surface area contributed by atoms with E-state index in [1.165, 1.54) is 12.1 Å². The molecule has 15 heavy (non-hydrogen) atoms. The van der Waals surface area contributed by atoms with Crippen molar-refractivity contribution in [1.29, 1.82) is 0 Å². The second-order valence-electron chi connectivity index (χ2n) is 3.90. The fourth-order valence-corrected chi connectivity index (χ4v) is 1.94. The normalized spacial score (nSPS) is 22.9. The highest BCUT2D eigenvalue weighted by molar-refractivity contribution is 5.41. The molecule has 0 saturated carbocycles. The zero-order chi connectivity index (χ0) is 10.8. The summed E-state index contributed by atoms with van der Waals surface area (Å²) < 4.78 is 0. The molecule has 1 heterocycles. The molecular formula is C11H15NO3. The van der Waals surface area contributed by atoms with Gasteiger partial charge in [0.05, 0.1) is 6.10 Å². The second kappa shape index (κ2) is 4.08. The summed E-state index contributed by atoms with van der Waals surface area (Å²) in [7, 11) is 0. The SMILES string of the molecule is Oc1ccc([C@H](O)[C@@H]2CCCN2)cc1O. The van der Waals surface area contributed by atoms with Crippen molar-refractivity contribution in [2.75, 3.05) is 6.54 Å². The maximum atomic E-state index is 9.98. The monoisotopic (exact) mass is 209 g/mol. The van der Waals surface area contributed by atoms with Crippen LogP contribution in [0.3, 0.4) is 0 Å². The molecule has 82 valence electrons. The number of hydrogen-bond donors (Lipinski definition) is 4. The van der Waals surface area contributed by atoms with Crippen LogP contribution in [0, 0.1) is 0 Å². The molecule has 1 aliphatic heterocycles. The van der Waals surface area contributed by atoms with Gasteiger partial charge in [0.1, 0.15) is 0 Å². The van der Waals surface area contributed by atoms with Crippen molar-refractivity contribution in [3.63, 3.8) is 0 Å². The van der Waals surface area contributed by atoms with Crippen LogP contribution >= 0.6 is 0 Å². The van der Waals surface area contributed by atoms with Crippen molar-refractivity contribution >= 4 is 0 Å². The number of benzene rings is 1. The first-order valence-electron chi connectivity index (χ1n) is 5.12. The van der Waals surface area contributed by atoms with E-state index in [1.54, 1.807) is 6.07 Å². The van der Waals surface area contributed by atoms with Crippen LogP contribution < -0.4 is 5.32 Å². The third kappa shape index (κ3) is 2.06. The summed E-state index contributed by atoms with van der Waals surface area (Å²) in [5.41, 5.74) is 0.629. The largest absolute Gasteiger partial charge is 0.504 e. The van der Waals surface area contributed by atoms with Crippen molar-refractivity contribution < 1.29 is 15.3 Å². The van der Waals surface area contributed by atoms with Crippen LogP contribution in [0.4, 0.5) is 0 Å². The zero-order valence-corrected chi connectivity index (χ0v) is 8.35. The quantitative estimate of drug-likeness (QED) is 0.546. The fraction of sp³-hybridized carbons (Fsp3) is 0.455. The van der Waals surface area contributed by atoms with Gasteiger partial charge in [-0.2, -0.15) is 0 Å². The van der Waals surface area contributed by atoms with Gasteiger partial charge in [-0.3, -0.25) is 0 Å². The summed E-state index contributed by atoms with van der Waals surface area (Å²) in [6.07, 6.45) is 1.37. The van der Waals surface area contributed by atoms with Crippen LogP contribution in [0.1, 0.15) is 24.5 Å². The maximum Gasteiger partial charge on any atom is 0.157 e. The summed E-state index contributed by atoms with van der Waals surface area (Å²) in [5.74, 6) is -0.352. The van der Waals surface area contributed by atoms with E-state index in [4.69, 9.17) is 5.11 Å². The third-order valence-electron chi connectivity index (χ3n) is 2.82. The molecule has 0 aromatic heterocycles. The van der Waals surface area contributed by atoms with Crippen LogP contribution in [0.5, 0.6) is 11.5 Å². The molecule has 0 unspecified atom stereocenters. The molecule has 0 amide bonds. The maximum absolute atomic E-state index is 9.98. The molecule has 1 aliphatic rings. The number of nitrogens with one attached hydrogen (secondary N) is 1. The standard InChI is InChI=1S/C11H15NO3/c13-9-4-3-7(6-10(9)14)11(15)8-2-1-5-12-8/h3-4,6,8,11-15H,1-2,5H2/t8-,11-/m0/s1. The number of hydrogen-bond acceptors (Lipinski definition) is 4. The van der Waals surface area contributed by atoms with E-state index < -0.39 is 6.10 Å². The minimum Gasteiger partial charge on any atom is -0.504 e. The van der Waals surface area contributed by atoms with E-state index in [-0.39, 0.29) is 17.5 Å². The molecule has 1 saturated heterocycles. The molecule has 2 rings (SSSR count). The Morgan fingerprint density at radius 3 is 2.67 bits per heavy atom. The molecule has 0 aliphatic carbocycles. The summed E-state index contributed by atoms with van der Waals surface area (Å²) in [6.45, 7) is 0.922. The molecule has 1 fully saturated rings. The van der Waals surface area contributed by atoms with E-state index >= 15 is 0 Å². The Morgan fingerprint density at radius 2 is 2.07 bits per heavy atom. The zero-order valence-electron chi connectivity index (χ0n) is 8.35. The summed E-state index contributed by atoms with van der Waals surface area (Å²) in [5, 5.41) is 31.6. The van der Waals surface area contributed by atoms with Crippen LogP contribution in [-0.4, -0.2) is 27.9 Å². The first-order valence-corrected chi connectivity index (χ1v) is 5.12. The fourth-order valence-electron chi connectivity index (χ4n) is 1.94. The van der Waals surface area contributed by atoms with Crippen LogP contribution in [-0.2, 0) is 0 Å². The number of aliphatic hydroxyl groups is 1. The van der Waals surface area contributed by atoms with Gasteiger partial charge < -0.3 is 20.6 Å². The number of phenols is 2. The first-order chi connectivity index (χ1) is 7.18. The van der Waals surface area contributed by atoms with E-state index in [0.717, 1.165) is 19.4 Å².